The Balaban J connectivity index is 1.22. The quantitative estimate of drug-likeness (QED) is 0.183. The predicted molar refractivity (Wildman–Crippen MR) is 215 cm³/mol. The molecule has 0 saturated carbocycles. The number of fused-ring (bicyclic) bond motifs is 5. The Bertz CT molecular complexity index is 2930. The van der Waals surface area contributed by atoms with Crippen LogP contribution in [0.3, 0.4) is 0 Å². The molecule has 0 N–H and O–H groups in total. The van der Waals surface area contributed by atoms with Gasteiger partial charge in [0, 0.05) is 36.9 Å². The molecule has 0 unspecified atom stereocenters. The number of rotatable bonds is 5. The van der Waals surface area contributed by atoms with Crippen molar-refractivity contribution >= 4 is 53.1 Å². The van der Waals surface area contributed by atoms with Crippen molar-refractivity contribution in [1.82, 2.24) is 15.0 Å². The highest BCUT2D eigenvalue weighted by atomic mass is 32.1. The molecule has 0 saturated heterocycles. The van der Waals surface area contributed by atoms with Crippen LogP contribution in [0.15, 0.2) is 176 Å². The summed E-state index contributed by atoms with van der Waals surface area (Å²) in [6.45, 7) is 0. The molecule has 0 aliphatic carbocycles. The lowest BCUT2D eigenvalue weighted by molar-refractivity contribution is 1.08. The zero-order valence-electron chi connectivity index (χ0n) is 27.5. The van der Waals surface area contributed by atoms with Crippen molar-refractivity contribution in [2.75, 3.05) is 0 Å². The monoisotopic (exact) mass is 667 g/mol. The Morgan fingerprint density at radius 1 is 0.314 bits per heavy atom. The first-order valence-corrected chi connectivity index (χ1v) is 17.9. The van der Waals surface area contributed by atoms with Crippen LogP contribution in [0.5, 0.6) is 0 Å². The molecular formula is C47H29N3S. The van der Waals surface area contributed by atoms with Crippen LogP contribution in [0.25, 0.3) is 98.1 Å². The summed E-state index contributed by atoms with van der Waals surface area (Å²) < 4.78 is 2.42. The molecule has 2 aromatic heterocycles. The van der Waals surface area contributed by atoms with Gasteiger partial charge in [-0.3, -0.25) is 0 Å². The van der Waals surface area contributed by atoms with Crippen LogP contribution in [0.1, 0.15) is 0 Å². The van der Waals surface area contributed by atoms with E-state index in [1.54, 1.807) is 11.3 Å². The lowest BCUT2D eigenvalue weighted by atomic mass is 9.93. The molecule has 0 fully saturated rings. The Hall–Kier alpha value is -6.49. The van der Waals surface area contributed by atoms with E-state index in [0.717, 1.165) is 38.6 Å². The number of nitrogens with zero attached hydrogens (tertiary/aromatic N) is 3. The van der Waals surface area contributed by atoms with Crippen molar-refractivity contribution in [1.29, 1.82) is 0 Å². The third-order valence-corrected chi connectivity index (χ3v) is 11.0. The fourth-order valence-electron chi connectivity index (χ4n) is 7.31. The van der Waals surface area contributed by atoms with Gasteiger partial charge in [-0.1, -0.05) is 152 Å². The van der Waals surface area contributed by atoms with E-state index in [9.17, 15) is 0 Å². The number of aromatic nitrogens is 3. The Morgan fingerprint density at radius 3 is 1.71 bits per heavy atom. The predicted octanol–water partition coefficient (Wildman–Crippen LogP) is 12.9. The minimum atomic E-state index is 0.648. The van der Waals surface area contributed by atoms with Crippen LogP contribution < -0.4 is 0 Å². The first-order valence-electron chi connectivity index (χ1n) is 17.1. The van der Waals surface area contributed by atoms with E-state index in [-0.39, 0.29) is 0 Å². The maximum absolute atomic E-state index is 5.30. The van der Waals surface area contributed by atoms with E-state index in [0.29, 0.717) is 17.5 Å². The van der Waals surface area contributed by atoms with Crippen LogP contribution in [0.2, 0.25) is 0 Å². The minimum Gasteiger partial charge on any atom is -0.208 e. The molecule has 0 aliphatic rings. The molecule has 51 heavy (non-hydrogen) atoms. The molecule has 0 radical (unpaired) electrons. The number of hydrogen-bond donors (Lipinski definition) is 0. The molecular weight excluding hydrogens is 639 g/mol. The largest absolute Gasteiger partial charge is 0.208 e. The third kappa shape index (κ3) is 5.08. The summed E-state index contributed by atoms with van der Waals surface area (Å²) in [4.78, 5) is 15.8. The van der Waals surface area contributed by atoms with Gasteiger partial charge < -0.3 is 0 Å². The summed E-state index contributed by atoms with van der Waals surface area (Å²) in [6, 6.07) is 62.1. The summed E-state index contributed by atoms with van der Waals surface area (Å²) >= 11 is 1.79. The van der Waals surface area contributed by atoms with Gasteiger partial charge in [-0.15, -0.1) is 11.3 Å². The topological polar surface area (TPSA) is 38.7 Å². The van der Waals surface area contributed by atoms with E-state index >= 15 is 0 Å². The lowest BCUT2D eigenvalue weighted by Crippen LogP contribution is -2.01. The van der Waals surface area contributed by atoms with E-state index in [1.807, 2.05) is 6.07 Å². The fourth-order valence-corrected chi connectivity index (χ4v) is 8.52. The Morgan fingerprint density at radius 2 is 0.882 bits per heavy atom. The molecule has 0 bridgehead atoms. The molecule has 8 aromatic carbocycles. The highest BCUT2D eigenvalue weighted by Gasteiger charge is 2.20. The van der Waals surface area contributed by atoms with Gasteiger partial charge in [0.05, 0.1) is 0 Å². The Labute approximate surface area is 299 Å². The van der Waals surface area contributed by atoms with Crippen molar-refractivity contribution in [2.24, 2.45) is 0 Å². The highest BCUT2D eigenvalue weighted by Crippen LogP contribution is 2.41. The normalized spacial score (nSPS) is 11.5. The van der Waals surface area contributed by atoms with Crippen LogP contribution in [0.4, 0.5) is 0 Å². The first kappa shape index (κ1) is 29.4. The summed E-state index contributed by atoms with van der Waals surface area (Å²) in [5.74, 6) is 1.96. The van der Waals surface area contributed by atoms with Gasteiger partial charge in [0.2, 0.25) is 0 Å². The van der Waals surface area contributed by atoms with Crippen LogP contribution >= 0.6 is 11.3 Å². The SMILES string of the molecule is c1ccc(-c2ccccc2-c2nc(-c3ccc(-c4ccc5ccccc5c4)c4ccccc34)nc(-c3cccc4c3sc3ccccc34)n2)cc1. The first-order chi connectivity index (χ1) is 25.3. The van der Waals surface area contributed by atoms with Gasteiger partial charge in [-0.25, -0.2) is 15.0 Å². The summed E-state index contributed by atoms with van der Waals surface area (Å²) in [5.41, 5.74) is 7.51. The average Bonchev–Trinajstić information content (AvgIpc) is 3.59. The van der Waals surface area contributed by atoms with Crippen molar-refractivity contribution in [3.05, 3.63) is 176 Å². The van der Waals surface area contributed by atoms with Gasteiger partial charge in [0.1, 0.15) is 0 Å². The lowest BCUT2D eigenvalue weighted by Gasteiger charge is -2.15. The highest BCUT2D eigenvalue weighted by molar-refractivity contribution is 7.26. The second-order valence-electron chi connectivity index (χ2n) is 12.8. The molecule has 10 rings (SSSR count). The van der Waals surface area contributed by atoms with Gasteiger partial charge in [-0.05, 0) is 68.1 Å². The molecule has 238 valence electrons. The van der Waals surface area contributed by atoms with E-state index in [4.69, 9.17) is 15.0 Å². The summed E-state index contributed by atoms with van der Waals surface area (Å²) in [6.07, 6.45) is 0. The van der Waals surface area contributed by atoms with Crippen molar-refractivity contribution in [3.8, 4) is 56.4 Å². The number of hydrogen-bond acceptors (Lipinski definition) is 4. The zero-order chi connectivity index (χ0) is 33.7. The average molecular weight is 668 g/mol. The minimum absolute atomic E-state index is 0.648. The van der Waals surface area contributed by atoms with Crippen molar-refractivity contribution in [3.63, 3.8) is 0 Å². The third-order valence-electron chi connectivity index (χ3n) is 9.76. The number of thiophene rings is 1. The van der Waals surface area contributed by atoms with Gasteiger partial charge in [0.25, 0.3) is 0 Å². The molecule has 3 nitrogen and oxygen atoms in total. The van der Waals surface area contributed by atoms with E-state index in [1.165, 1.54) is 42.1 Å². The van der Waals surface area contributed by atoms with Crippen LogP contribution in [0, 0.1) is 0 Å². The molecule has 0 aliphatic heterocycles. The van der Waals surface area contributed by atoms with Crippen LogP contribution in [-0.4, -0.2) is 15.0 Å². The van der Waals surface area contributed by atoms with Crippen molar-refractivity contribution in [2.45, 2.75) is 0 Å². The maximum atomic E-state index is 5.30. The second kappa shape index (κ2) is 12.1. The molecule has 0 atom stereocenters. The van der Waals surface area contributed by atoms with Gasteiger partial charge in [0.15, 0.2) is 17.5 Å². The molecule has 0 amide bonds. The molecule has 2 heterocycles. The van der Waals surface area contributed by atoms with Gasteiger partial charge in [-0.2, -0.15) is 0 Å². The van der Waals surface area contributed by atoms with E-state index < -0.39 is 0 Å². The van der Waals surface area contributed by atoms with Gasteiger partial charge >= 0.3 is 0 Å². The zero-order valence-corrected chi connectivity index (χ0v) is 28.3. The fraction of sp³-hybridized carbons (Fsp3) is 0. The van der Waals surface area contributed by atoms with Crippen LogP contribution in [-0.2, 0) is 0 Å². The molecule has 4 heteroatoms. The summed E-state index contributed by atoms with van der Waals surface area (Å²) in [7, 11) is 0. The smallest absolute Gasteiger partial charge is 0.165 e. The standard InChI is InChI=1S/C47H29N3S/c1-2-14-31(15-3-1)34-17-6-9-21-40(34)45-48-46(50-47(49-45)42-23-12-22-39-38-20-10-11-24-43(38)51-44(39)42)41-28-27-35(36-18-7-8-19-37(36)41)33-26-25-30-13-4-5-16-32(30)29-33/h1-29H. The second-order valence-corrected chi connectivity index (χ2v) is 13.8. The number of benzene rings is 8. The van der Waals surface area contributed by atoms with Crippen molar-refractivity contribution < 1.29 is 0 Å². The van der Waals surface area contributed by atoms with E-state index in [2.05, 4.69) is 170 Å². The molecule has 0 spiro atoms. The summed E-state index contributed by atoms with van der Waals surface area (Å²) in [5, 5.41) is 7.18. The Kier molecular flexibility index (Phi) is 7.00. The molecule has 10 aromatic rings. The maximum Gasteiger partial charge on any atom is 0.165 e.